The number of hydrogen-bond donors (Lipinski definition) is 0. The lowest BCUT2D eigenvalue weighted by molar-refractivity contribution is 1.18. The maximum atomic E-state index is 3.94. The lowest BCUT2D eigenvalue weighted by atomic mass is 9.94. The zero-order valence-corrected chi connectivity index (χ0v) is 22.6. The predicted octanol–water partition coefficient (Wildman–Crippen LogP) is 10.7. The third-order valence-corrected chi connectivity index (χ3v) is 6.99. The van der Waals surface area contributed by atoms with Crippen molar-refractivity contribution in [1.29, 1.82) is 0 Å². The molecule has 4 aromatic carbocycles. The van der Waals surface area contributed by atoms with E-state index in [1.807, 2.05) is 25.2 Å². The second-order valence-electron chi connectivity index (χ2n) is 9.39. The monoisotopic (exact) mass is 503 g/mol. The van der Waals surface area contributed by atoms with E-state index >= 15 is 0 Å². The first-order valence-electron chi connectivity index (χ1n) is 13.3. The Morgan fingerprint density at radius 3 is 2.08 bits per heavy atom. The highest BCUT2D eigenvalue weighted by atomic mass is 15.0. The van der Waals surface area contributed by atoms with Crippen molar-refractivity contribution in [2.45, 2.75) is 13.8 Å². The first-order valence-corrected chi connectivity index (χ1v) is 13.3. The molecule has 1 nitrogen and oxygen atoms in total. The number of hydrogen-bond acceptors (Lipinski definition) is 0. The normalized spacial score (nSPS) is 12.7. The van der Waals surface area contributed by atoms with Gasteiger partial charge in [-0.2, -0.15) is 0 Å². The summed E-state index contributed by atoms with van der Waals surface area (Å²) in [5, 5.41) is 2.44. The molecule has 0 fully saturated rings. The van der Waals surface area contributed by atoms with E-state index in [2.05, 4.69) is 146 Å². The topological polar surface area (TPSA) is 4.93 Å². The van der Waals surface area contributed by atoms with Gasteiger partial charge in [0.05, 0.1) is 11.0 Å². The number of benzene rings is 4. The Labute approximate surface area is 231 Å². The van der Waals surface area contributed by atoms with Crippen molar-refractivity contribution in [2.75, 3.05) is 0 Å². The smallest absolute Gasteiger partial charge is 0.0619 e. The van der Waals surface area contributed by atoms with Gasteiger partial charge in [-0.1, -0.05) is 116 Å². The maximum Gasteiger partial charge on any atom is 0.0619 e. The second-order valence-corrected chi connectivity index (χ2v) is 9.39. The van der Waals surface area contributed by atoms with Crippen molar-refractivity contribution < 1.29 is 0 Å². The summed E-state index contributed by atoms with van der Waals surface area (Å²) in [6.45, 7) is 11.9. The summed E-state index contributed by atoms with van der Waals surface area (Å²) < 4.78 is 2.40. The molecule has 5 rings (SSSR count). The first kappa shape index (κ1) is 25.8. The van der Waals surface area contributed by atoms with Gasteiger partial charge in [0.25, 0.3) is 0 Å². The van der Waals surface area contributed by atoms with E-state index in [1.165, 1.54) is 38.5 Å². The van der Waals surface area contributed by atoms with Crippen molar-refractivity contribution in [2.24, 2.45) is 0 Å². The minimum absolute atomic E-state index is 1.14. The van der Waals surface area contributed by atoms with Gasteiger partial charge in [0.1, 0.15) is 0 Å². The van der Waals surface area contributed by atoms with Crippen LogP contribution >= 0.6 is 0 Å². The van der Waals surface area contributed by atoms with Gasteiger partial charge in [-0.05, 0) is 78.1 Å². The lowest BCUT2D eigenvalue weighted by Gasteiger charge is -2.14. The lowest BCUT2D eigenvalue weighted by Crippen LogP contribution is -1.96. The van der Waals surface area contributed by atoms with Crippen LogP contribution in [0.5, 0.6) is 0 Å². The molecule has 0 saturated carbocycles. The average Bonchev–Trinajstić information content (AvgIpc) is 3.31. The molecule has 0 N–H and O–H groups in total. The maximum absolute atomic E-state index is 3.94. The first-order chi connectivity index (χ1) is 19.2. The quantitative estimate of drug-likeness (QED) is 0.186. The molecule has 0 unspecified atom stereocenters. The van der Waals surface area contributed by atoms with E-state index in [1.54, 1.807) is 0 Å². The van der Waals surface area contributed by atoms with E-state index in [4.69, 9.17) is 0 Å². The SMILES string of the molecule is C=C/C=C\C(=C/C)c1cc(-c2ccccc2)c2c(c1)c1cc(C(/C=C\C)=C/C=C)ccc1n2-c1ccccc1. The van der Waals surface area contributed by atoms with Crippen LogP contribution in [0.3, 0.4) is 0 Å². The van der Waals surface area contributed by atoms with Gasteiger partial charge in [0.15, 0.2) is 0 Å². The zero-order chi connectivity index (χ0) is 27.2. The van der Waals surface area contributed by atoms with Gasteiger partial charge in [-0.15, -0.1) is 0 Å². The number of fused-ring (bicyclic) bond motifs is 3. The molecule has 5 aromatic rings. The van der Waals surface area contributed by atoms with Gasteiger partial charge in [0, 0.05) is 22.0 Å². The van der Waals surface area contributed by atoms with E-state index in [9.17, 15) is 0 Å². The second kappa shape index (κ2) is 11.7. The Kier molecular flexibility index (Phi) is 7.70. The summed E-state index contributed by atoms with van der Waals surface area (Å²) in [4.78, 5) is 0. The molecule has 1 heterocycles. The standard InChI is InChI=1S/C38H33N/c1-5-9-18-28(8-4)32-26-34(30-19-12-10-13-20-30)38-36(27-32)35-25-31(29(16-6-2)17-7-3)23-24-37(35)39(38)33-21-14-11-15-22-33/h5-27H,1-2H2,3-4H3/b17-7-,18-9-,28-8+,29-16+. The molecule has 0 aliphatic heterocycles. The summed E-state index contributed by atoms with van der Waals surface area (Å²) in [6.07, 6.45) is 16.2. The van der Waals surface area contributed by atoms with Crippen LogP contribution in [-0.4, -0.2) is 4.57 Å². The minimum atomic E-state index is 1.14. The van der Waals surface area contributed by atoms with Crippen LogP contribution < -0.4 is 0 Å². The number of rotatable bonds is 8. The van der Waals surface area contributed by atoms with Gasteiger partial charge < -0.3 is 4.57 Å². The molecule has 0 atom stereocenters. The third-order valence-electron chi connectivity index (χ3n) is 6.99. The number of nitrogens with zero attached hydrogens (tertiary/aromatic N) is 1. The van der Waals surface area contributed by atoms with Crippen molar-refractivity contribution in [1.82, 2.24) is 4.57 Å². The van der Waals surface area contributed by atoms with Crippen LogP contribution in [0.4, 0.5) is 0 Å². The van der Waals surface area contributed by atoms with Crippen molar-refractivity contribution in [3.8, 4) is 16.8 Å². The fourth-order valence-electron chi connectivity index (χ4n) is 5.26. The Morgan fingerprint density at radius 2 is 1.41 bits per heavy atom. The van der Waals surface area contributed by atoms with Gasteiger partial charge >= 0.3 is 0 Å². The summed E-state index contributed by atoms with van der Waals surface area (Å²) in [6, 6.07) is 32.8. The number of allylic oxidation sites excluding steroid dienone is 10. The van der Waals surface area contributed by atoms with Crippen LogP contribution in [-0.2, 0) is 0 Å². The number of para-hydroxylation sites is 1. The summed E-state index contributed by atoms with van der Waals surface area (Å²) >= 11 is 0. The van der Waals surface area contributed by atoms with Crippen LogP contribution in [0.15, 0.2) is 153 Å². The molecule has 0 aliphatic carbocycles. The van der Waals surface area contributed by atoms with E-state index < -0.39 is 0 Å². The molecular formula is C38H33N. The molecular weight excluding hydrogens is 470 g/mol. The summed E-state index contributed by atoms with van der Waals surface area (Å²) in [7, 11) is 0. The summed E-state index contributed by atoms with van der Waals surface area (Å²) in [5.41, 5.74) is 10.5. The van der Waals surface area contributed by atoms with Crippen molar-refractivity contribution >= 4 is 33.0 Å². The predicted molar refractivity (Wildman–Crippen MR) is 172 cm³/mol. The van der Waals surface area contributed by atoms with Crippen LogP contribution in [0, 0.1) is 0 Å². The molecule has 0 spiro atoms. The van der Waals surface area contributed by atoms with Gasteiger partial charge in [-0.25, -0.2) is 0 Å². The van der Waals surface area contributed by atoms with Crippen molar-refractivity contribution in [3.05, 3.63) is 164 Å². The molecule has 1 heteroatoms. The molecule has 39 heavy (non-hydrogen) atoms. The Hall–Kier alpha value is -4.88. The largest absolute Gasteiger partial charge is 0.309 e. The van der Waals surface area contributed by atoms with Crippen LogP contribution in [0.1, 0.15) is 25.0 Å². The van der Waals surface area contributed by atoms with Crippen molar-refractivity contribution in [3.63, 3.8) is 0 Å². The minimum Gasteiger partial charge on any atom is -0.309 e. The molecule has 0 amide bonds. The molecule has 0 bridgehead atoms. The molecule has 1 aromatic heterocycles. The average molecular weight is 504 g/mol. The van der Waals surface area contributed by atoms with E-state index in [-0.39, 0.29) is 0 Å². The Morgan fingerprint density at radius 1 is 0.692 bits per heavy atom. The van der Waals surface area contributed by atoms with Gasteiger partial charge in [-0.3, -0.25) is 0 Å². The Balaban J connectivity index is 1.97. The van der Waals surface area contributed by atoms with Crippen LogP contribution in [0.2, 0.25) is 0 Å². The number of aromatic nitrogens is 1. The van der Waals surface area contributed by atoms with E-state index in [0.29, 0.717) is 0 Å². The molecule has 0 saturated heterocycles. The zero-order valence-electron chi connectivity index (χ0n) is 22.6. The fraction of sp³-hybridized carbons (Fsp3) is 0.0526. The third kappa shape index (κ3) is 5.00. The van der Waals surface area contributed by atoms with Crippen LogP contribution in [0.25, 0.3) is 49.8 Å². The highest BCUT2D eigenvalue weighted by Gasteiger charge is 2.19. The van der Waals surface area contributed by atoms with Gasteiger partial charge in [0.2, 0.25) is 0 Å². The molecule has 0 aliphatic rings. The Bertz CT molecular complexity index is 1770. The van der Waals surface area contributed by atoms with E-state index in [0.717, 1.165) is 22.4 Å². The molecule has 190 valence electrons. The highest BCUT2D eigenvalue weighted by Crippen LogP contribution is 2.41. The fourth-order valence-corrected chi connectivity index (χ4v) is 5.26. The molecule has 0 radical (unpaired) electrons. The summed E-state index contributed by atoms with van der Waals surface area (Å²) in [5.74, 6) is 0. The highest BCUT2D eigenvalue weighted by molar-refractivity contribution is 6.15.